The summed E-state index contributed by atoms with van der Waals surface area (Å²) in [6, 6.07) is 12.3. The second kappa shape index (κ2) is 8.52. The van der Waals surface area contributed by atoms with E-state index in [1.165, 1.54) is 0 Å². The highest BCUT2D eigenvalue weighted by Crippen LogP contribution is 2.40. The van der Waals surface area contributed by atoms with E-state index in [0.29, 0.717) is 17.2 Å². The number of imidazole rings is 1. The zero-order valence-corrected chi connectivity index (χ0v) is 17.4. The number of nitrogens with zero attached hydrogens (tertiary/aromatic N) is 2. The van der Waals surface area contributed by atoms with Gasteiger partial charge in [0.2, 0.25) is 5.75 Å². The second-order valence-corrected chi connectivity index (χ2v) is 6.77. The highest BCUT2D eigenvalue weighted by molar-refractivity contribution is 5.76. The number of hydrogen-bond donors (Lipinski definition) is 1. The van der Waals surface area contributed by atoms with Crippen LogP contribution < -0.4 is 19.5 Å². The monoisotopic (exact) mass is 383 g/mol. The van der Waals surface area contributed by atoms with Gasteiger partial charge in [-0.2, -0.15) is 0 Å². The summed E-state index contributed by atoms with van der Waals surface area (Å²) in [5, 5.41) is 3.65. The molecule has 2 aromatic carbocycles. The van der Waals surface area contributed by atoms with Gasteiger partial charge in [-0.05, 0) is 50.6 Å². The lowest BCUT2D eigenvalue weighted by Gasteiger charge is -2.22. The van der Waals surface area contributed by atoms with Crippen LogP contribution in [0, 0.1) is 0 Å². The summed E-state index contributed by atoms with van der Waals surface area (Å²) in [6.45, 7) is 7.28. The van der Waals surface area contributed by atoms with Gasteiger partial charge in [-0.25, -0.2) is 4.98 Å². The fraction of sp³-hybridized carbons (Fsp3) is 0.409. The van der Waals surface area contributed by atoms with Crippen molar-refractivity contribution in [3.63, 3.8) is 0 Å². The number of methoxy groups -OCH3 is 3. The molecule has 0 amide bonds. The number of para-hydroxylation sites is 2. The van der Waals surface area contributed by atoms with Crippen LogP contribution in [0.25, 0.3) is 11.0 Å². The molecule has 2 atom stereocenters. The van der Waals surface area contributed by atoms with Crippen LogP contribution in [-0.4, -0.2) is 30.9 Å². The average Bonchev–Trinajstić information content (AvgIpc) is 3.11. The van der Waals surface area contributed by atoms with Crippen LogP contribution in [-0.2, 0) is 6.54 Å². The van der Waals surface area contributed by atoms with Gasteiger partial charge in [-0.15, -0.1) is 0 Å². The quantitative estimate of drug-likeness (QED) is 0.621. The molecule has 3 rings (SSSR count). The van der Waals surface area contributed by atoms with Crippen LogP contribution in [0.2, 0.25) is 0 Å². The maximum Gasteiger partial charge on any atom is 0.203 e. The Morgan fingerprint density at radius 3 is 2.18 bits per heavy atom. The van der Waals surface area contributed by atoms with Gasteiger partial charge in [0.15, 0.2) is 11.5 Å². The van der Waals surface area contributed by atoms with E-state index in [0.717, 1.165) is 29.0 Å². The molecule has 0 aliphatic carbocycles. The predicted molar refractivity (Wildman–Crippen MR) is 111 cm³/mol. The summed E-state index contributed by atoms with van der Waals surface area (Å²) in [5.41, 5.74) is 3.24. The Kier molecular flexibility index (Phi) is 6.09. The molecule has 1 heterocycles. The first-order valence-electron chi connectivity index (χ1n) is 9.55. The Morgan fingerprint density at radius 2 is 1.61 bits per heavy atom. The van der Waals surface area contributed by atoms with Crippen molar-refractivity contribution >= 4 is 11.0 Å². The van der Waals surface area contributed by atoms with Crippen molar-refractivity contribution in [1.82, 2.24) is 14.9 Å². The van der Waals surface area contributed by atoms with Gasteiger partial charge in [-0.3, -0.25) is 0 Å². The number of rotatable bonds is 8. The Labute approximate surface area is 166 Å². The molecule has 0 aliphatic rings. The van der Waals surface area contributed by atoms with Gasteiger partial charge in [0.05, 0.1) is 38.4 Å². The van der Waals surface area contributed by atoms with Crippen molar-refractivity contribution in [2.24, 2.45) is 0 Å². The summed E-state index contributed by atoms with van der Waals surface area (Å²) >= 11 is 0. The Bertz CT molecular complexity index is 926. The summed E-state index contributed by atoms with van der Waals surface area (Å²) in [4.78, 5) is 4.86. The van der Waals surface area contributed by atoms with Crippen molar-refractivity contribution in [3.8, 4) is 17.2 Å². The minimum atomic E-state index is 0.0637. The lowest BCUT2D eigenvalue weighted by atomic mass is 10.1. The highest BCUT2D eigenvalue weighted by Gasteiger charge is 2.20. The standard InChI is InChI=1S/C22H29N3O3/c1-7-25-18-11-9-8-10-17(18)24-22(25)15(3)23-14(2)16-12-19(26-4)21(28-6)20(13-16)27-5/h8-15,23H,7H2,1-6H3/t14-,15+/m1/s1. The molecule has 1 N–H and O–H groups in total. The first kappa shape index (κ1) is 20.0. The molecule has 0 unspecified atom stereocenters. The van der Waals surface area contributed by atoms with E-state index in [1.807, 2.05) is 18.2 Å². The number of benzene rings is 2. The van der Waals surface area contributed by atoms with Crippen molar-refractivity contribution in [3.05, 3.63) is 47.8 Å². The number of hydrogen-bond acceptors (Lipinski definition) is 5. The zero-order valence-electron chi connectivity index (χ0n) is 17.4. The maximum atomic E-state index is 5.49. The van der Waals surface area contributed by atoms with Crippen LogP contribution in [0.1, 0.15) is 44.2 Å². The van der Waals surface area contributed by atoms with E-state index in [4.69, 9.17) is 19.2 Å². The lowest BCUT2D eigenvalue weighted by molar-refractivity contribution is 0.322. The van der Waals surface area contributed by atoms with Gasteiger partial charge >= 0.3 is 0 Å². The largest absolute Gasteiger partial charge is 0.493 e. The second-order valence-electron chi connectivity index (χ2n) is 6.77. The molecular formula is C22H29N3O3. The summed E-state index contributed by atoms with van der Waals surface area (Å²) < 4.78 is 18.7. The molecule has 0 bridgehead atoms. The van der Waals surface area contributed by atoms with Crippen LogP contribution in [0.4, 0.5) is 0 Å². The molecule has 1 aromatic heterocycles. The number of fused-ring (bicyclic) bond motifs is 1. The van der Waals surface area contributed by atoms with Crippen LogP contribution in [0.5, 0.6) is 17.2 Å². The molecule has 6 nitrogen and oxygen atoms in total. The average molecular weight is 383 g/mol. The molecule has 0 saturated heterocycles. The molecule has 0 aliphatic heterocycles. The summed E-state index contributed by atoms with van der Waals surface area (Å²) in [7, 11) is 4.87. The third-order valence-corrected chi connectivity index (χ3v) is 5.07. The number of aryl methyl sites for hydroxylation is 1. The third kappa shape index (κ3) is 3.64. The van der Waals surface area contributed by atoms with E-state index < -0.39 is 0 Å². The fourth-order valence-electron chi connectivity index (χ4n) is 3.65. The molecule has 0 fully saturated rings. The molecule has 0 radical (unpaired) electrons. The van der Waals surface area contributed by atoms with Gasteiger partial charge in [-0.1, -0.05) is 12.1 Å². The van der Waals surface area contributed by atoms with E-state index in [1.54, 1.807) is 21.3 Å². The lowest BCUT2D eigenvalue weighted by Crippen LogP contribution is -2.25. The van der Waals surface area contributed by atoms with E-state index in [9.17, 15) is 0 Å². The third-order valence-electron chi connectivity index (χ3n) is 5.07. The maximum absolute atomic E-state index is 5.49. The smallest absolute Gasteiger partial charge is 0.203 e. The minimum Gasteiger partial charge on any atom is -0.493 e. The Balaban J connectivity index is 1.90. The molecule has 0 saturated carbocycles. The number of ether oxygens (including phenoxy) is 3. The molecule has 3 aromatic rings. The summed E-state index contributed by atoms with van der Waals surface area (Å²) in [6.07, 6.45) is 0. The molecule has 150 valence electrons. The topological polar surface area (TPSA) is 57.5 Å². The van der Waals surface area contributed by atoms with Gasteiger partial charge in [0.25, 0.3) is 0 Å². The van der Waals surface area contributed by atoms with Gasteiger partial charge < -0.3 is 24.1 Å². The first-order chi connectivity index (χ1) is 13.5. The SMILES string of the molecule is CCn1c([C@H](C)N[C@H](C)c2cc(OC)c(OC)c(OC)c2)nc2ccccc21. The molecule has 28 heavy (non-hydrogen) atoms. The van der Waals surface area contributed by atoms with E-state index >= 15 is 0 Å². The van der Waals surface area contributed by atoms with Crippen molar-refractivity contribution in [2.75, 3.05) is 21.3 Å². The minimum absolute atomic E-state index is 0.0637. The van der Waals surface area contributed by atoms with Gasteiger partial charge in [0, 0.05) is 12.6 Å². The van der Waals surface area contributed by atoms with Crippen LogP contribution >= 0.6 is 0 Å². The molecule has 0 spiro atoms. The fourth-order valence-corrected chi connectivity index (χ4v) is 3.65. The van der Waals surface area contributed by atoms with E-state index in [-0.39, 0.29) is 12.1 Å². The Hall–Kier alpha value is -2.73. The summed E-state index contributed by atoms with van der Waals surface area (Å²) in [5.74, 6) is 2.93. The molecular weight excluding hydrogens is 354 g/mol. The van der Waals surface area contributed by atoms with Crippen molar-refractivity contribution in [1.29, 1.82) is 0 Å². The van der Waals surface area contributed by atoms with Crippen molar-refractivity contribution < 1.29 is 14.2 Å². The highest BCUT2D eigenvalue weighted by atomic mass is 16.5. The normalized spacial score (nSPS) is 13.4. The van der Waals surface area contributed by atoms with Gasteiger partial charge in [0.1, 0.15) is 5.82 Å². The van der Waals surface area contributed by atoms with Crippen molar-refractivity contribution in [2.45, 2.75) is 39.4 Å². The Morgan fingerprint density at radius 1 is 0.964 bits per heavy atom. The molecule has 6 heteroatoms. The zero-order chi connectivity index (χ0) is 20.3. The number of nitrogens with one attached hydrogen (secondary N) is 1. The predicted octanol–water partition coefficient (Wildman–Crippen LogP) is 4.49. The first-order valence-corrected chi connectivity index (χ1v) is 9.55. The number of aromatic nitrogens is 2. The van der Waals surface area contributed by atoms with Crippen LogP contribution in [0.3, 0.4) is 0 Å². The van der Waals surface area contributed by atoms with E-state index in [2.05, 4.69) is 48.9 Å². The van der Waals surface area contributed by atoms with Crippen LogP contribution in [0.15, 0.2) is 36.4 Å².